The number of carbonyl (C=O) groups excluding carboxylic acids is 2. The average molecular weight is 437 g/mol. The number of nitrogen functional groups attached to an aromatic ring is 1. The predicted molar refractivity (Wildman–Crippen MR) is 119 cm³/mol. The number of hydrogen-bond donors (Lipinski definition) is 1. The standard InChI is InChI=1S/C21H24N4O2.2ClH/c22-18-6-1-7-19-17(18)5-3-13-25(19)21(27)16-4-2-12-24(14-16)20(26)15-8-10-23-11-9-15;;/h1,6-11,16H,2-5,12-14,22H2;2*1H. The number of likely N-dealkylation sites (tertiary alicyclic amines) is 1. The number of benzene rings is 1. The molecule has 1 aromatic heterocycles. The van der Waals surface area contributed by atoms with Crippen molar-refractivity contribution < 1.29 is 9.59 Å². The first kappa shape index (κ1) is 23.0. The van der Waals surface area contributed by atoms with Crippen LogP contribution < -0.4 is 10.6 Å². The van der Waals surface area contributed by atoms with Crippen LogP contribution in [0.5, 0.6) is 0 Å². The number of aromatic nitrogens is 1. The van der Waals surface area contributed by atoms with Crippen molar-refractivity contribution in [2.24, 2.45) is 5.92 Å². The van der Waals surface area contributed by atoms with Gasteiger partial charge in [0.05, 0.1) is 5.92 Å². The van der Waals surface area contributed by atoms with Gasteiger partial charge < -0.3 is 15.5 Å². The van der Waals surface area contributed by atoms with E-state index in [9.17, 15) is 9.59 Å². The number of nitrogens with zero attached hydrogens (tertiary/aromatic N) is 3. The number of hydrogen-bond acceptors (Lipinski definition) is 4. The third-order valence-corrected chi connectivity index (χ3v) is 5.54. The van der Waals surface area contributed by atoms with Crippen molar-refractivity contribution in [3.05, 3.63) is 53.9 Å². The molecule has 0 saturated carbocycles. The Morgan fingerprint density at radius 3 is 2.55 bits per heavy atom. The Hall–Kier alpha value is -2.31. The molecule has 2 amide bonds. The summed E-state index contributed by atoms with van der Waals surface area (Å²) in [6, 6.07) is 9.21. The molecule has 2 aromatic rings. The molecule has 6 nitrogen and oxygen atoms in total. The number of piperidine rings is 1. The highest BCUT2D eigenvalue weighted by molar-refractivity contribution is 5.98. The van der Waals surface area contributed by atoms with Gasteiger partial charge in [-0.2, -0.15) is 0 Å². The summed E-state index contributed by atoms with van der Waals surface area (Å²) in [6.45, 7) is 1.87. The minimum Gasteiger partial charge on any atom is -0.398 e. The normalized spacial score (nSPS) is 18.1. The molecule has 1 fully saturated rings. The molecule has 8 heteroatoms. The zero-order chi connectivity index (χ0) is 18.8. The Morgan fingerprint density at radius 1 is 1.03 bits per heavy atom. The van der Waals surface area contributed by atoms with Gasteiger partial charge in [0.15, 0.2) is 0 Å². The van der Waals surface area contributed by atoms with E-state index in [4.69, 9.17) is 5.73 Å². The lowest BCUT2D eigenvalue weighted by molar-refractivity contribution is -0.123. The summed E-state index contributed by atoms with van der Waals surface area (Å²) in [7, 11) is 0. The maximum Gasteiger partial charge on any atom is 0.253 e. The van der Waals surface area contributed by atoms with E-state index in [1.54, 1.807) is 29.4 Å². The number of halogens is 2. The Balaban J connectivity index is 0.00000150. The molecule has 2 aliphatic rings. The molecular weight excluding hydrogens is 411 g/mol. The molecule has 4 rings (SSSR count). The van der Waals surface area contributed by atoms with Crippen LogP contribution in [-0.4, -0.2) is 41.3 Å². The van der Waals surface area contributed by atoms with Crippen molar-refractivity contribution in [1.82, 2.24) is 9.88 Å². The summed E-state index contributed by atoms with van der Waals surface area (Å²) in [4.78, 5) is 33.6. The highest BCUT2D eigenvalue weighted by atomic mass is 35.5. The minimum absolute atomic E-state index is 0. The van der Waals surface area contributed by atoms with Crippen molar-refractivity contribution in [1.29, 1.82) is 0 Å². The lowest BCUT2D eigenvalue weighted by atomic mass is 9.93. The monoisotopic (exact) mass is 436 g/mol. The number of carbonyl (C=O) groups is 2. The lowest BCUT2D eigenvalue weighted by Gasteiger charge is -2.37. The van der Waals surface area contributed by atoms with Crippen LogP contribution in [0.4, 0.5) is 11.4 Å². The van der Waals surface area contributed by atoms with Crippen molar-refractivity contribution >= 4 is 48.0 Å². The molecule has 2 aliphatic heterocycles. The van der Waals surface area contributed by atoms with Crippen LogP contribution in [0.2, 0.25) is 0 Å². The van der Waals surface area contributed by atoms with Crippen molar-refractivity contribution in [3.63, 3.8) is 0 Å². The average Bonchev–Trinajstić information content (AvgIpc) is 2.73. The van der Waals surface area contributed by atoms with Crippen molar-refractivity contribution in [2.75, 3.05) is 30.3 Å². The second kappa shape index (κ2) is 9.94. The quantitative estimate of drug-likeness (QED) is 0.731. The number of nitrogens with two attached hydrogens (primary N) is 1. The van der Waals surface area contributed by atoms with Crippen LogP contribution in [0.1, 0.15) is 35.2 Å². The maximum absolute atomic E-state index is 13.3. The Bertz CT molecular complexity index is 863. The Morgan fingerprint density at radius 2 is 1.79 bits per heavy atom. The van der Waals surface area contributed by atoms with E-state index in [0.717, 1.165) is 42.6 Å². The molecule has 1 saturated heterocycles. The number of anilines is 2. The number of fused-ring (bicyclic) bond motifs is 1. The van der Waals surface area contributed by atoms with Gasteiger partial charge in [-0.25, -0.2) is 0 Å². The first-order valence-corrected chi connectivity index (χ1v) is 9.53. The predicted octanol–water partition coefficient (Wildman–Crippen LogP) is 3.34. The summed E-state index contributed by atoms with van der Waals surface area (Å²) >= 11 is 0. The van der Waals surface area contributed by atoms with Gasteiger partial charge in [-0.1, -0.05) is 6.07 Å². The number of pyridine rings is 1. The fraction of sp³-hybridized carbons (Fsp3) is 0.381. The largest absolute Gasteiger partial charge is 0.398 e. The molecule has 1 unspecified atom stereocenters. The zero-order valence-electron chi connectivity index (χ0n) is 16.1. The van der Waals surface area contributed by atoms with Gasteiger partial charge >= 0.3 is 0 Å². The Kier molecular flexibility index (Phi) is 7.88. The van der Waals surface area contributed by atoms with E-state index < -0.39 is 0 Å². The van der Waals surface area contributed by atoms with Gasteiger partial charge in [-0.15, -0.1) is 24.8 Å². The topological polar surface area (TPSA) is 79.5 Å². The van der Waals surface area contributed by atoms with Crippen molar-refractivity contribution in [2.45, 2.75) is 25.7 Å². The second-order valence-corrected chi connectivity index (χ2v) is 7.26. The summed E-state index contributed by atoms with van der Waals surface area (Å²) in [5, 5.41) is 0. The summed E-state index contributed by atoms with van der Waals surface area (Å²) < 4.78 is 0. The molecule has 0 radical (unpaired) electrons. The minimum atomic E-state index is -0.170. The van der Waals surface area contributed by atoms with Crippen molar-refractivity contribution in [3.8, 4) is 0 Å². The van der Waals surface area contributed by atoms with E-state index in [-0.39, 0.29) is 42.5 Å². The van der Waals surface area contributed by atoms with Crippen LogP contribution in [-0.2, 0) is 11.2 Å². The van der Waals surface area contributed by atoms with Gasteiger partial charge in [0.1, 0.15) is 0 Å². The van der Waals surface area contributed by atoms with Crippen LogP contribution in [0, 0.1) is 5.92 Å². The lowest BCUT2D eigenvalue weighted by Crippen LogP contribution is -2.48. The van der Waals surface area contributed by atoms with Gasteiger partial charge in [0.25, 0.3) is 5.91 Å². The van der Waals surface area contributed by atoms with E-state index in [1.807, 2.05) is 23.1 Å². The number of rotatable bonds is 2. The summed E-state index contributed by atoms with van der Waals surface area (Å²) in [6.07, 6.45) is 6.71. The van der Waals surface area contributed by atoms with E-state index in [2.05, 4.69) is 4.98 Å². The molecule has 0 spiro atoms. The van der Waals surface area contributed by atoms with Crippen LogP contribution in [0.25, 0.3) is 0 Å². The molecule has 29 heavy (non-hydrogen) atoms. The Labute approximate surface area is 183 Å². The zero-order valence-corrected chi connectivity index (χ0v) is 17.8. The van der Waals surface area contributed by atoms with Gasteiger partial charge in [0, 0.05) is 49.0 Å². The highest BCUT2D eigenvalue weighted by Gasteiger charge is 2.34. The summed E-state index contributed by atoms with van der Waals surface area (Å²) in [5.41, 5.74) is 9.49. The molecule has 1 aromatic carbocycles. The molecule has 156 valence electrons. The summed E-state index contributed by atoms with van der Waals surface area (Å²) in [5.74, 6) is -0.0936. The third-order valence-electron chi connectivity index (χ3n) is 5.54. The van der Waals surface area contributed by atoms with E-state index in [0.29, 0.717) is 25.2 Å². The highest BCUT2D eigenvalue weighted by Crippen LogP contribution is 2.33. The maximum atomic E-state index is 13.3. The SMILES string of the molecule is Cl.Cl.Nc1cccc2c1CCCN2C(=O)C1CCCN(C(=O)c2ccncc2)C1. The molecule has 0 bridgehead atoms. The van der Waals surface area contributed by atoms with E-state index in [1.165, 1.54) is 0 Å². The molecular formula is C21H26Cl2N4O2. The van der Waals surface area contributed by atoms with Crippen LogP contribution in [0.3, 0.4) is 0 Å². The van der Waals surface area contributed by atoms with Crippen LogP contribution in [0.15, 0.2) is 42.7 Å². The number of amides is 2. The molecule has 0 aliphatic carbocycles. The third kappa shape index (κ3) is 4.65. The smallest absolute Gasteiger partial charge is 0.253 e. The molecule has 1 atom stereocenters. The van der Waals surface area contributed by atoms with Gasteiger partial charge in [-0.3, -0.25) is 14.6 Å². The van der Waals surface area contributed by atoms with E-state index >= 15 is 0 Å². The van der Waals surface area contributed by atoms with Gasteiger partial charge in [0.2, 0.25) is 5.91 Å². The van der Waals surface area contributed by atoms with Crippen LogP contribution >= 0.6 is 24.8 Å². The fourth-order valence-electron chi connectivity index (χ4n) is 4.14. The first-order valence-electron chi connectivity index (χ1n) is 9.53. The fourth-order valence-corrected chi connectivity index (χ4v) is 4.14. The first-order chi connectivity index (χ1) is 13.1. The molecule has 2 N–H and O–H groups in total. The van der Waals surface area contributed by atoms with Gasteiger partial charge in [-0.05, 0) is 55.5 Å². The molecule has 3 heterocycles. The second-order valence-electron chi connectivity index (χ2n) is 7.26.